The van der Waals surface area contributed by atoms with Crippen LogP contribution in [0.15, 0.2) is 24.3 Å². The molecule has 0 saturated carbocycles. The van der Waals surface area contributed by atoms with Crippen molar-refractivity contribution in [3.63, 3.8) is 0 Å². The summed E-state index contributed by atoms with van der Waals surface area (Å²) in [6, 6.07) is 8.41. The number of ether oxygens (including phenoxy) is 2. The van der Waals surface area contributed by atoms with E-state index >= 15 is 0 Å². The smallest absolute Gasteiger partial charge is 0.307 e. The second kappa shape index (κ2) is 8.59. The predicted octanol–water partition coefficient (Wildman–Crippen LogP) is 2.56. The molecular weight excluding hydrogens is 254 g/mol. The molecule has 112 valence electrons. The Morgan fingerprint density at radius 3 is 2.40 bits per heavy atom. The van der Waals surface area contributed by atoms with Crippen molar-refractivity contribution >= 4 is 5.97 Å². The van der Waals surface area contributed by atoms with E-state index in [1.165, 1.54) is 12.7 Å². The minimum Gasteiger partial charge on any atom is -0.494 e. The van der Waals surface area contributed by atoms with E-state index < -0.39 is 0 Å². The van der Waals surface area contributed by atoms with Crippen LogP contribution in [0, 0.1) is 0 Å². The third kappa shape index (κ3) is 6.06. The number of methoxy groups -OCH3 is 1. The van der Waals surface area contributed by atoms with Gasteiger partial charge in [-0.3, -0.25) is 4.79 Å². The zero-order valence-electron chi connectivity index (χ0n) is 12.8. The van der Waals surface area contributed by atoms with E-state index in [1.54, 1.807) is 0 Å². The maximum atomic E-state index is 11.5. The third-order valence-corrected chi connectivity index (χ3v) is 2.93. The van der Waals surface area contributed by atoms with Gasteiger partial charge < -0.3 is 14.8 Å². The van der Waals surface area contributed by atoms with Crippen molar-refractivity contribution in [3.05, 3.63) is 29.8 Å². The van der Waals surface area contributed by atoms with Gasteiger partial charge in [-0.1, -0.05) is 26.0 Å². The highest BCUT2D eigenvalue weighted by atomic mass is 16.5. The Hall–Kier alpha value is -1.55. The molecule has 4 nitrogen and oxygen atoms in total. The molecule has 1 N–H and O–H groups in total. The Balaban J connectivity index is 2.65. The largest absolute Gasteiger partial charge is 0.494 e. The van der Waals surface area contributed by atoms with Gasteiger partial charge in [-0.15, -0.1) is 0 Å². The zero-order chi connectivity index (χ0) is 15.0. The molecule has 1 rings (SSSR count). The highest BCUT2D eigenvalue weighted by molar-refractivity contribution is 5.70. The van der Waals surface area contributed by atoms with Crippen LogP contribution in [0.3, 0.4) is 0 Å². The highest BCUT2D eigenvalue weighted by Gasteiger charge is 2.15. The van der Waals surface area contributed by atoms with Gasteiger partial charge in [0.05, 0.1) is 20.1 Å². The second-order valence-corrected chi connectivity index (χ2v) is 5.08. The first-order valence-corrected chi connectivity index (χ1v) is 7.09. The summed E-state index contributed by atoms with van der Waals surface area (Å²) in [5.74, 6) is 0.687. The molecule has 4 heteroatoms. The number of hydrogen-bond acceptors (Lipinski definition) is 4. The molecule has 0 fully saturated rings. The molecule has 20 heavy (non-hydrogen) atoms. The molecule has 0 aromatic heterocycles. The first-order valence-electron chi connectivity index (χ1n) is 7.09. The summed E-state index contributed by atoms with van der Waals surface area (Å²) >= 11 is 0. The minimum absolute atomic E-state index is 0.0837. The normalized spacial score (nSPS) is 12.2. The van der Waals surface area contributed by atoms with Crippen LogP contribution >= 0.6 is 0 Å². The summed E-state index contributed by atoms with van der Waals surface area (Å²) in [5.41, 5.74) is 1.18. The molecule has 0 bridgehead atoms. The lowest BCUT2D eigenvalue weighted by molar-refractivity contribution is -0.141. The lowest BCUT2D eigenvalue weighted by atomic mass is 10.0. The van der Waals surface area contributed by atoms with Crippen LogP contribution in [0.5, 0.6) is 5.75 Å². The minimum atomic E-state index is -0.186. The fraction of sp³-hybridized carbons (Fsp3) is 0.562. The van der Waals surface area contributed by atoms with E-state index in [4.69, 9.17) is 9.47 Å². The molecule has 1 aromatic rings. The highest BCUT2D eigenvalue weighted by Crippen LogP contribution is 2.14. The van der Waals surface area contributed by atoms with Crippen LogP contribution < -0.4 is 10.1 Å². The number of nitrogens with one attached hydrogen (secondary N) is 1. The molecule has 0 aliphatic heterocycles. The first-order chi connectivity index (χ1) is 9.55. The van der Waals surface area contributed by atoms with E-state index in [1.807, 2.05) is 31.2 Å². The quantitative estimate of drug-likeness (QED) is 0.743. The van der Waals surface area contributed by atoms with Gasteiger partial charge in [0.1, 0.15) is 5.75 Å². The number of carbonyl (C=O) groups excluding carboxylic acids is 1. The van der Waals surface area contributed by atoms with Crippen LogP contribution in [0.2, 0.25) is 0 Å². The van der Waals surface area contributed by atoms with Crippen molar-refractivity contribution in [1.82, 2.24) is 5.32 Å². The van der Waals surface area contributed by atoms with Crippen LogP contribution in [0.4, 0.5) is 0 Å². The fourth-order valence-electron chi connectivity index (χ4n) is 2.12. The Labute approximate surface area is 121 Å². The summed E-state index contributed by atoms with van der Waals surface area (Å²) < 4.78 is 10.2. The van der Waals surface area contributed by atoms with Gasteiger partial charge in [-0.2, -0.15) is 0 Å². The van der Waals surface area contributed by atoms with E-state index in [-0.39, 0.29) is 12.0 Å². The topological polar surface area (TPSA) is 47.6 Å². The number of hydrogen-bond donors (Lipinski definition) is 1. The second-order valence-electron chi connectivity index (χ2n) is 5.08. The average Bonchev–Trinajstić information content (AvgIpc) is 2.40. The Morgan fingerprint density at radius 2 is 1.90 bits per heavy atom. The molecule has 0 aliphatic carbocycles. The van der Waals surface area contributed by atoms with Gasteiger partial charge in [0.25, 0.3) is 0 Å². The summed E-state index contributed by atoms with van der Waals surface area (Å²) in [6.45, 7) is 6.77. The summed E-state index contributed by atoms with van der Waals surface area (Å²) in [7, 11) is 1.42. The fourth-order valence-corrected chi connectivity index (χ4v) is 2.12. The molecule has 0 radical (unpaired) electrons. The van der Waals surface area contributed by atoms with Gasteiger partial charge in [-0.25, -0.2) is 0 Å². The first kappa shape index (κ1) is 16.5. The van der Waals surface area contributed by atoms with Gasteiger partial charge in [0.2, 0.25) is 0 Å². The molecule has 1 atom stereocenters. The maximum Gasteiger partial charge on any atom is 0.307 e. The van der Waals surface area contributed by atoms with Crippen molar-refractivity contribution < 1.29 is 14.3 Å². The summed E-state index contributed by atoms with van der Waals surface area (Å²) in [5, 5.41) is 3.40. The third-order valence-electron chi connectivity index (χ3n) is 2.93. The summed E-state index contributed by atoms with van der Waals surface area (Å²) in [6.07, 6.45) is 1.17. The van der Waals surface area contributed by atoms with Crippen molar-refractivity contribution in [2.45, 2.75) is 45.7 Å². The summed E-state index contributed by atoms with van der Waals surface area (Å²) in [4.78, 5) is 11.5. The molecule has 1 unspecified atom stereocenters. The van der Waals surface area contributed by atoms with Crippen LogP contribution in [-0.4, -0.2) is 31.8 Å². The molecule has 0 aliphatic rings. The standard InChI is InChI=1S/C16H25NO3/c1-5-20-15-8-6-13(7-9-15)10-14(17-12(2)3)11-16(18)19-4/h6-9,12,14,17H,5,10-11H2,1-4H3. The van der Waals surface area contributed by atoms with Crippen molar-refractivity contribution in [2.75, 3.05) is 13.7 Å². The Bertz CT molecular complexity index is 401. The van der Waals surface area contributed by atoms with Gasteiger partial charge in [0, 0.05) is 12.1 Å². The number of rotatable bonds is 8. The van der Waals surface area contributed by atoms with Crippen molar-refractivity contribution in [2.24, 2.45) is 0 Å². The zero-order valence-corrected chi connectivity index (χ0v) is 12.8. The number of benzene rings is 1. The van der Waals surface area contributed by atoms with Crippen LogP contribution in [0.25, 0.3) is 0 Å². The Morgan fingerprint density at radius 1 is 1.25 bits per heavy atom. The molecule has 0 saturated heterocycles. The van der Waals surface area contributed by atoms with Gasteiger partial charge in [-0.05, 0) is 31.0 Å². The molecule has 0 spiro atoms. The van der Waals surface area contributed by atoms with Gasteiger partial charge >= 0.3 is 5.97 Å². The van der Waals surface area contributed by atoms with E-state index in [9.17, 15) is 4.79 Å². The average molecular weight is 279 g/mol. The van der Waals surface area contributed by atoms with E-state index in [0.29, 0.717) is 19.1 Å². The van der Waals surface area contributed by atoms with E-state index in [2.05, 4.69) is 19.2 Å². The molecule has 1 aromatic carbocycles. The lowest BCUT2D eigenvalue weighted by Crippen LogP contribution is -2.38. The van der Waals surface area contributed by atoms with E-state index in [0.717, 1.165) is 12.2 Å². The molecule has 0 amide bonds. The van der Waals surface area contributed by atoms with Crippen LogP contribution in [-0.2, 0) is 16.0 Å². The molecular formula is C16H25NO3. The van der Waals surface area contributed by atoms with Crippen molar-refractivity contribution in [3.8, 4) is 5.75 Å². The number of carbonyl (C=O) groups is 1. The lowest BCUT2D eigenvalue weighted by Gasteiger charge is -2.20. The molecule has 0 heterocycles. The Kier molecular flexibility index (Phi) is 7.09. The maximum absolute atomic E-state index is 11.5. The van der Waals surface area contributed by atoms with Gasteiger partial charge in [0.15, 0.2) is 0 Å². The van der Waals surface area contributed by atoms with Crippen LogP contribution in [0.1, 0.15) is 32.8 Å². The SMILES string of the molecule is CCOc1ccc(CC(CC(=O)OC)NC(C)C)cc1. The van der Waals surface area contributed by atoms with Crippen molar-refractivity contribution in [1.29, 1.82) is 0 Å². The monoisotopic (exact) mass is 279 g/mol. The number of esters is 1. The predicted molar refractivity (Wildman–Crippen MR) is 80.0 cm³/mol.